The van der Waals surface area contributed by atoms with Crippen LogP contribution in [0.4, 0.5) is 0 Å². The molecule has 0 spiro atoms. The van der Waals surface area contributed by atoms with Crippen molar-refractivity contribution in [3.63, 3.8) is 0 Å². The molecule has 0 radical (unpaired) electrons. The van der Waals surface area contributed by atoms with Crippen molar-refractivity contribution >= 4 is 5.57 Å². The van der Waals surface area contributed by atoms with Gasteiger partial charge in [0.1, 0.15) is 0 Å². The Morgan fingerprint density at radius 2 is 1.38 bits per heavy atom. The molecule has 1 aliphatic rings. The number of hydrogen-bond donors (Lipinski definition) is 0. The van der Waals surface area contributed by atoms with E-state index in [1.54, 1.807) is 5.57 Å². The Morgan fingerprint density at radius 1 is 0.833 bits per heavy atom. The van der Waals surface area contributed by atoms with Gasteiger partial charge >= 0.3 is 0 Å². The van der Waals surface area contributed by atoms with Crippen molar-refractivity contribution in [3.8, 4) is 0 Å². The molecule has 1 aromatic carbocycles. The van der Waals surface area contributed by atoms with Crippen molar-refractivity contribution < 1.29 is 0 Å². The van der Waals surface area contributed by atoms with Gasteiger partial charge in [0.05, 0.1) is 0 Å². The van der Waals surface area contributed by atoms with Crippen LogP contribution in [-0.2, 0) is 0 Å². The summed E-state index contributed by atoms with van der Waals surface area (Å²) in [5, 5.41) is 0. The van der Waals surface area contributed by atoms with E-state index in [4.69, 9.17) is 0 Å². The summed E-state index contributed by atoms with van der Waals surface area (Å²) in [6, 6.07) is 6.75. The molecule has 0 nitrogen and oxygen atoms in total. The molecule has 0 fully saturated rings. The maximum atomic E-state index is 2.58. The summed E-state index contributed by atoms with van der Waals surface area (Å²) in [6.07, 6.45) is 3.70. The zero-order chi connectivity index (χ0) is 18.5. The smallest absolute Gasteiger partial charge is 0.00251 e. The first kappa shape index (κ1) is 19.0. The highest BCUT2D eigenvalue weighted by molar-refractivity contribution is 5.77. The molecule has 1 aliphatic carbocycles. The van der Waals surface area contributed by atoms with Gasteiger partial charge in [-0.25, -0.2) is 0 Å². The van der Waals surface area contributed by atoms with E-state index < -0.39 is 0 Å². The summed E-state index contributed by atoms with van der Waals surface area (Å²) in [6.45, 7) is 23.5. The molecule has 0 unspecified atom stereocenters. The fourth-order valence-corrected chi connectivity index (χ4v) is 4.64. The Morgan fingerprint density at radius 3 is 1.88 bits per heavy atom. The monoisotopic (exact) mass is 324 g/mol. The fourth-order valence-electron chi connectivity index (χ4n) is 4.64. The summed E-state index contributed by atoms with van der Waals surface area (Å²) in [5.41, 5.74) is 9.27. The molecule has 24 heavy (non-hydrogen) atoms. The number of aryl methyl sites for hydroxylation is 1. The molecule has 0 heterocycles. The van der Waals surface area contributed by atoms with Crippen LogP contribution in [-0.4, -0.2) is 0 Å². The predicted octanol–water partition coefficient (Wildman–Crippen LogP) is 7.51. The lowest BCUT2D eigenvalue weighted by Crippen LogP contribution is -2.46. The molecular weight excluding hydrogens is 288 g/mol. The Balaban J connectivity index is 2.74. The van der Waals surface area contributed by atoms with Crippen molar-refractivity contribution in [1.29, 1.82) is 0 Å². The lowest BCUT2D eigenvalue weighted by molar-refractivity contribution is 0.0204. The van der Waals surface area contributed by atoms with Gasteiger partial charge in [0.25, 0.3) is 0 Å². The zero-order valence-electron chi connectivity index (χ0n) is 17.5. The second-order valence-electron chi connectivity index (χ2n) is 9.83. The van der Waals surface area contributed by atoms with Crippen LogP contribution in [0.3, 0.4) is 0 Å². The molecule has 0 bridgehead atoms. The third-order valence-electron chi connectivity index (χ3n) is 6.57. The Labute approximate surface area is 150 Å². The molecular formula is C24H36. The first-order valence-electron chi connectivity index (χ1n) is 9.28. The standard InChI is InChI=1S/C24H36/c1-16-12-11-13-20(18(16)3)21-15-24(22(5,6)7,23(8,9)10)14-17(2)19(21)4/h11-14H,15H2,1-10H3. The van der Waals surface area contributed by atoms with E-state index in [0.29, 0.717) is 0 Å². The molecule has 0 saturated carbocycles. The molecule has 132 valence electrons. The minimum atomic E-state index is 0.148. The molecule has 1 aromatic rings. The maximum Gasteiger partial charge on any atom is 0.00251 e. The van der Waals surface area contributed by atoms with E-state index >= 15 is 0 Å². The highest BCUT2D eigenvalue weighted by Gasteiger charge is 2.50. The molecule has 0 amide bonds. The van der Waals surface area contributed by atoms with E-state index in [1.807, 2.05) is 0 Å². The topological polar surface area (TPSA) is 0 Å². The van der Waals surface area contributed by atoms with Gasteiger partial charge in [-0.2, -0.15) is 0 Å². The van der Waals surface area contributed by atoms with Gasteiger partial charge in [0, 0.05) is 5.41 Å². The van der Waals surface area contributed by atoms with Crippen molar-refractivity contribution in [3.05, 3.63) is 52.1 Å². The average molecular weight is 325 g/mol. The molecule has 0 saturated heterocycles. The molecule has 2 rings (SSSR count). The molecule has 0 atom stereocenters. The van der Waals surface area contributed by atoms with E-state index in [0.717, 1.165) is 6.42 Å². The van der Waals surface area contributed by atoms with Gasteiger partial charge in [-0.15, -0.1) is 0 Å². The highest BCUT2D eigenvalue weighted by atomic mass is 14.5. The van der Waals surface area contributed by atoms with Crippen molar-refractivity contribution in [2.24, 2.45) is 16.2 Å². The van der Waals surface area contributed by atoms with E-state index in [2.05, 4.69) is 93.5 Å². The molecule has 0 heteroatoms. The van der Waals surface area contributed by atoms with Crippen LogP contribution in [0.2, 0.25) is 0 Å². The summed E-state index contributed by atoms with van der Waals surface area (Å²) >= 11 is 0. The van der Waals surface area contributed by atoms with Gasteiger partial charge in [-0.05, 0) is 72.8 Å². The van der Waals surface area contributed by atoms with Crippen molar-refractivity contribution in [1.82, 2.24) is 0 Å². The Kier molecular flexibility index (Phi) is 4.68. The van der Waals surface area contributed by atoms with Crippen LogP contribution in [0.5, 0.6) is 0 Å². The van der Waals surface area contributed by atoms with Crippen LogP contribution >= 0.6 is 0 Å². The highest BCUT2D eigenvalue weighted by Crippen LogP contribution is 2.60. The fraction of sp³-hybridized carbons (Fsp3) is 0.583. The average Bonchev–Trinajstić information content (AvgIpc) is 2.42. The first-order valence-corrected chi connectivity index (χ1v) is 9.28. The SMILES string of the molecule is CC1=CC(C(C)(C)C)(C(C)(C)C)CC(c2cccc(C)c2C)=C1C. The van der Waals surface area contributed by atoms with E-state index in [9.17, 15) is 0 Å². The van der Waals surface area contributed by atoms with Gasteiger partial charge in [0.2, 0.25) is 0 Å². The Hall–Kier alpha value is -1.30. The van der Waals surface area contributed by atoms with Crippen LogP contribution in [0.25, 0.3) is 5.57 Å². The third-order valence-corrected chi connectivity index (χ3v) is 6.57. The minimum absolute atomic E-state index is 0.148. The normalized spacial score (nSPS) is 18.7. The predicted molar refractivity (Wildman–Crippen MR) is 108 cm³/mol. The van der Waals surface area contributed by atoms with Gasteiger partial charge < -0.3 is 0 Å². The zero-order valence-corrected chi connectivity index (χ0v) is 17.5. The minimum Gasteiger partial charge on any atom is -0.0737 e. The number of allylic oxidation sites excluding steroid dienone is 4. The van der Waals surface area contributed by atoms with Crippen molar-refractivity contribution in [2.45, 2.75) is 75.7 Å². The van der Waals surface area contributed by atoms with Crippen molar-refractivity contribution in [2.75, 3.05) is 0 Å². The lowest BCUT2D eigenvalue weighted by Gasteiger charge is -2.55. The molecule has 0 aromatic heterocycles. The van der Waals surface area contributed by atoms with Gasteiger partial charge in [-0.1, -0.05) is 71.4 Å². The molecule has 0 N–H and O–H groups in total. The summed E-state index contributed by atoms with van der Waals surface area (Å²) in [4.78, 5) is 0. The van der Waals surface area contributed by atoms with Gasteiger partial charge in [0.15, 0.2) is 0 Å². The quantitative estimate of drug-likeness (QED) is 0.501. The maximum absolute atomic E-state index is 2.58. The Bertz CT molecular complexity index is 683. The summed E-state index contributed by atoms with van der Waals surface area (Å²) in [7, 11) is 0. The van der Waals surface area contributed by atoms with Crippen LogP contribution < -0.4 is 0 Å². The summed E-state index contributed by atoms with van der Waals surface area (Å²) < 4.78 is 0. The second kappa shape index (κ2) is 5.90. The van der Waals surface area contributed by atoms with E-state index in [-0.39, 0.29) is 16.2 Å². The third kappa shape index (κ3) is 2.89. The second-order valence-corrected chi connectivity index (χ2v) is 9.83. The summed E-state index contributed by atoms with van der Waals surface area (Å²) in [5.74, 6) is 0. The van der Waals surface area contributed by atoms with Crippen LogP contribution in [0.15, 0.2) is 35.4 Å². The van der Waals surface area contributed by atoms with Crippen LogP contribution in [0.1, 0.15) is 78.5 Å². The van der Waals surface area contributed by atoms with Gasteiger partial charge in [-0.3, -0.25) is 0 Å². The van der Waals surface area contributed by atoms with Crippen LogP contribution in [0, 0.1) is 30.1 Å². The number of rotatable bonds is 1. The number of hydrogen-bond acceptors (Lipinski definition) is 0. The lowest BCUT2D eigenvalue weighted by atomic mass is 9.49. The van der Waals surface area contributed by atoms with E-state index in [1.165, 1.54) is 27.8 Å². The largest absolute Gasteiger partial charge is 0.0737 e. The number of benzene rings is 1. The first-order chi connectivity index (χ1) is 10.8. The molecule has 0 aliphatic heterocycles.